The molecule has 2 atom stereocenters. The summed E-state index contributed by atoms with van der Waals surface area (Å²) in [5, 5.41) is 3.24. The normalized spacial score (nSPS) is 24.1. The molecular formula is C34H30Cl2S2SiZr. The molecule has 0 saturated heterocycles. The van der Waals surface area contributed by atoms with E-state index >= 15 is 0 Å². The molecule has 6 heteroatoms. The fourth-order valence-corrected chi connectivity index (χ4v) is 17.9. The van der Waals surface area contributed by atoms with Crippen LogP contribution in [0.15, 0.2) is 111 Å². The van der Waals surface area contributed by atoms with E-state index in [-0.39, 0.29) is 24.8 Å². The van der Waals surface area contributed by atoms with Gasteiger partial charge in [-0.25, -0.2) is 0 Å². The fraction of sp³-hybridized carbons (Fsp3) is 0.235. The van der Waals surface area contributed by atoms with Crippen LogP contribution in [0.1, 0.15) is 38.8 Å². The molecule has 0 fully saturated rings. The average Bonchev–Trinajstić information content (AvgIpc) is 3.55. The molecule has 2 aromatic carbocycles. The van der Waals surface area contributed by atoms with Gasteiger partial charge in [0.05, 0.1) is 0 Å². The van der Waals surface area contributed by atoms with Gasteiger partial charge in [-0.05, 0) is 0 Å². The van der Waals surface area contributed by atoms with E-state index < -0.39 is 31.3 Å². The molecule has 0 spiro atoms. The summed E-state index contributed by atoms with van der Waals surface area (Å²) in [7, 11) is -2.20. The minimum Gasteiger partial charge on any atom is -1.00 e. The molecule has 200 valence electrons. The third-order valence-corrected chi connectivity index (χ3v) is 18.9. The molecule has 40 heavy (non-hydrogen) atoms. The van der Waals surface area contributed by atoms with E-state index in [1.165, 1.54) is 44.6 Å². The molecule has 0 nitrogen and oxygen atoms in total. The maximum atomic E-state index is 6.25. The Balaban J connectivity index is 0.00000161. The van der Waals surface area contributed by atoms with Crippen LogP contribution in [0.3, 0.4) is 0 Å². The number of thiocarbonyl (C=S) groups is 2. The van der Waals surface area contributed by atoms with E-state index in [9.17, 15) is 0 Å². The Morgan fingerprint density at radius 1 is 0.550 bits per heavy atom. The van der Waals surface area contributed by atoms with Crippen molar-refractivity contribution in [1.29, 1.82) is 0 Å². The average molecular weight is 693 g/mol. The minimum absolute atomic E-state index is 0. The first-order valence-electron chi connectivity index (χ1n) is 13.5. The van der Waals surface area contributed by atoms with E-state index in [0.717, 1.165) is 9.73 Å². The molecule has 5 aliphatic rings. The van der Waals surface area contributed by atoms with E-state index in [2.05, 4.69) is 101 Å². The molecule has 2 unspecified atom stereocenters. The van der Waals surface area contributed by atoms with Crippen LogP contribution in [0.25, 0.3) is 11.1 Å². The fourth-order valence-electron chi connectivity index (χ4n) is 8.02. The zero-order valence-electron chi connectivity index (χ0n) is 23.5. The van der Waals surface area contributed by atoms with Crippen molar-refractivity contribution in [3.63, 3.8) is 0 Å². The van der Waals surface area contributed by atoms with Crippen molar-refractivity contribution in [1.82, 2.24) is 0 Å². The molecule has 0 aromatic heterocycles. The monoisotopic (exact) mass is 690 g/mol. The van der Waals surface area contributed by atoms with Crippen molar-refractivity contribution in [2.24, 2.45) is 11.8 Å². The number of halogens is 2. The Kier molecular flexibility index (Phi) is 7.91. The predicted molar refractivity (Wildman–Crippen MR) is 167 cm³/mol. The molecule has 2 aromatic rings. The molecule has 0 saturated carbocycles. The maximum absolute atomic E-state index is 6.25. The third-order valence-electron chi connectivity index (χ3n) is 9.50. The Labute approximate surface area is 273 Å². The van der Waals surface area contributed by atoms with Crippen molar-refractivity contribution in [2.45, 2.75) is 40.8 Å². The van der Waals surface area contributed by atoms with Gasteiger partial charge in [0.1, 0.15) is 0 Å². The smallest absolute Gasteiger partial charge is 1.00 e. The summed E-state index contributed by atoms with van der Waals surface area (Å²) in [4.78, 5) is 2.26. The van der Waals surface area contributed by atoms with Gasteiger partial charge in [0, 0.05) is 0 Å². The van der Waals surface area contributed by atoms with Gasteiger partial charge in [-0.3, -0.25) is 0 Å². The summed E-state index contributed by atoms with van der Waals surface area (Å²) in [5.74, 6) is 0.685. The van der Waals surface area contributed by atoms with Crippen LogP contribution in [0.5, 0.6) is 0 Å². The van der Waals surface area contributed by atoms with Crippen LogP contribution in [-0.2, 0) is 23.2 Å². The van der Waals surface area contributed by atoms with Gasteiger partial charge >= 0.3 is 251 Å². The van der Waals surface area contributed by atoms with Gasteiger partial charge in [-0.2, -0.15) is 0 Å². The predicted octanol–water partition coefficient (Wildman–Crippen LogP) is 2.99. The Morgan fingerprint density at radius 2 is 0.900 bits per heavy atom. The molecule has 0 amide bonds. The second-order valence-corrected chi connectivity index (χ2v) is 20.1. The van der Waals surface area contributed by atoms with Crippen molar-refractivity contribution in [2.75, 3.05) is 0 Å². The van der Waals surface area contributed by atoms with E-state index in [1.54, 1.807) is 28.1 Å². The standard InChI is InChI=1S/C34H30S2Si.2ClH.Zr/c1-19-17-25-27(31(19)35)21(3)33(29(25)23-13-9-7-10-14-23)37(5,6)34-22(4)28-26(18-20(2)32(28)36)30(34)24-15-11-8-12-16-24;;;/h7-16,25-26H,1-6H3;2*1H;/q;;;+2/p-2. The number of hydrogen-bond donors (Lipinski definition) is 0. The largest absolute Gasteiger partial charge is 1.00 e. The maximum Gasteiger partial charge on any atom is -1.00 e. The minimum atomic E-state index is -2.20. The zero-order valence-corrected chi connectivity index (χ0v) is 30.1. The van der Waals surface area contributed by atoms with E-state index in [4.69, 9.17) is 24.4 Å². The summed E-state index contributed by atoms with van der Waals surface area (Å²) in [6.07, 6.45) is 0. The van der Waals surface area contributed by atoms with Crippen LogP contribution in [0.2, 0.25) is 13.1 Å². The van der Waals surface area contributed by atoms with Crippen LogP contribution in [0.4, 0.5) is 0 Å². The topological polar surface area (TPSA) is 0 Å². The summed E-state index contributed by atoms with van der Waals surface area (Å²) in [6, 6.07) is 22.5. The van der Waals surface area contributed by atoms with E-state index in [1.807, 2.05) is 0 Å². The van der Waals surface area contributed by atoms with E-state index in [0.29, 0.717) is 11.8 Å². The number of hydrogen-bond acceptors (Lipinski definition) is 2. The van der Waals surface area contributed by atoms with Gasteiger partial charge in [0.15, 0.2) is 0 Å². The van der Waals surface area contributed by atoms with Crippen LogP contribution in [-0.4, -0.2) is 17.8 Å². The van der Waals surface area contributed by atoms with Gasteiger partial charge in [-0.1, -0.05) is 0 Å². The Hall–Kier alpha value is -1.26. The van der Waals surface area contributed by atoms with Crippen molar-refractivity contribution < 1.29 is 48.0 Å². The SMILES string of the molecule is CC1=[C]2[Zr+2][C]3=C(C)C(=S)C4=C(C)C(=C(c5ccccc5)C34)[Si](C)(C)C3=C(c4ccccc4)C2C(=C3C)C1=S.[Cl-].[Cl-]. The second-order valence-electron chi connectivity index (χ2n) is 11.7. The molecule has 4 aliphatic carbocycles. The summed E-state index contributed by atoms with van der Waals surface area (Å²) in [6.45, 7) is 14.6. The number of benzene rings is 2. The third kappa shape index (κ3) is 3.83. The van der Waals surface area contributed by atoms with Crippen molar-refractivity contribution in [3.05, 3.63) is 122 Å². The Morgan fingerprint density at radius 3 is 1.25 bits per heavy atom. The van der Waals surface area contributed by atoms with Gasteiger partial charge in [0.2, 0.25) is 0 Å². The van der Waals surface area contributed by atoms with Crippen LogP contribution < -0.4 is 24.8 Å². The van der Waals surface area contributed by atoms with Crippen LogP contribution in [0, 0.1) is 11.8 Å². The van der Waals surface area contributed by atoms with Crippen LogP contribution >= 0.6 is 24.4 Å². The van der Waals surface area contributed by atoms with Crippen molar-refractivity contribution in [3.8, 4) is 0 Å². The van der Waals surface area contributed by atoms with Gasteiger partial charge in [-0.15, -0.1) is 0 Å². The molecule has 7 rings (SSSR count). The molecule has 0 radical (unpaired) electrons. The first-order valence-corrected chi connectivity index (χ1v) is 19.7. The molecule has 1 aliphatic heterocycles. The summed E-state index contributed by atoms with van der Waals surface area (Å²) < 4.78 is 3.34. The molecular weight excluding hydrogens is 663 g/mol. The summed E-state index contributed by atoms with van der Waals surface area (Å²) >= 11 is 11.3. The number of rotatable bonds is 2. The zero-order chi connectivity index (χ0) is 26.7. The Bertz CT molecular complexity index is 1590. The summed E-state index contributed by atoms with van der Waals surface area (Å²) in [5.41, 5.74) is 14.5. The molecule has 4 bridgehead atoms. The van der Waals surface area contributed by atoms with Gasteiger partial charge < -0.3 is 24.8 Å². The van der Waals surface area contributed by atoms with Crippen molar-refractivity contribution >= 4 is 53.4 Å². The molecule has 1 heterocycles. The second kappa shape index (κ2) is 10.5. The first-order chi connectivity index (χ1) is 18.2. The number of allylic oxidation sites excluding steroid dienone is 12. The quantitative estimate of drug-likeness (QED) is 0.351. The van der Waals surface area contributed by atoms with Gasteiger partial charge in [0.25, 0.3) is 0 Å². The first kappa shape index (κ1) is 30.2. The molecule has 0 N–H and O–H groups in total.